The summed E-state index contributed by atoms with van der Waals surface area (Å²) in [5.74, 6) is -0.686. The standard InChI is InChI=1S/C14H17NO4/c1-15-11-7-4-3-6-10(11)14(18,13(15)17)9-5-8-12(16)19-2/h3-4,6-7,18H,5,8-9H2,1-2H3. The number of hydrogen-bond acceptors (Lipinski definition) is 4. The van der Waals surface area contributed by atoms with Crippen LogP contribution in [0.5, 0.6) is 0 Å². The molecule has 0 aliphatic carbocycles. The maximum atomic E-state index is 12.2. The quantitative estimate of drug-likeness (QED) is 0.829. The highest BCUT2D eigenvalue weighted by Gasteiger charge is 2.47. The van der Waals surface area contributed by atoms with Crippen molar-refractivity contribution in [2.24, 2.45) is 0 Å². The van der Waals surface area contributed by atoms with Crippen molar-refractivity contribution >= 4 is 17.6 Å². The summed E-state index contributed by atoms with van der Waals surface area (Å²) in [6.45, 7) is 0. The second-order valence-corrected chi connectivity index (χ2v) is 4.67. The molecule has 0 saturated heterocycles. The number of methoxy groups -OCH3 is 1. The largest absolute Gasteiger partial charge is 0.469 e. The van der Waals surface area contributed by atoms with Gasteiger partial charge >= 0.3 is 5.97 Å². The summed E-state index contributed by atoms with van der Waals surface area (Å²) in [7, 11) is 2.96. The van der Waals surface area contributed by atoms with Crippen LogP contribution < -0.4 is 4.90 Å². The number of nitrogens with zero attached hydrogens (tertiary/aromatic N) is 1. The fraction of sp³-hybridized carbons (Fsp3) is 0.429. The van der Waals surface area contributed by atoms with Crippen LogP contribution in [-0.4, -0.2) is 31.1 Å². The van der Waals surface area contributed by atoms with Crippen molar-refractivity contribution in [3.05, 3.63) is 29.8 Å². The van der Waals surface area contributed by atoms with E-state index in [0.717, 1.165) is 0 Å². The first-order valence-corrected chi connectivity index (χ1v) is 6.17. The zero-order valence-electron chi connectivity index (χ0n) is 11.0. The molecule has 0 saturated carbocycles. The molecule has 0 radical (unpaired) electrons. The number of carbonyl (C=O) groups excluding carboxylic acids is 2. The molecular formula is C14H17NO4. The van der Waals surface area contributed by atoms with Gasteiger partial charge in [0.05, 0.1) is 12.8 Å². The first-order valence-electron chi connectivity index (χ1n) is 6.17. The molecular weight excluding hydrogens is 246 g/mol. The van der Waals surface area contributed by atoms with Gasteiger partial charge in [0.2, 0.25) is 0 Å². The Balaban J connectivity index is 2.18. The molecule has 0 aromatic heterocycles. The molecule has 1 heterocycles. The summed E-state index contributed by atoms with van der Waals surface area (Å²) in [4.78, 5) is 24.7. The molecule has 5 nitrogen and oxygen atoms in total. The van der Waals surface area contributed by atoms with Gasteiger partial charge in [-0.25, -0.2) is 0 Å². The van der Waals surface area contributed by atoms with E-state index in [4.69, 9.17) is 0 Å². The Morgan fingerprint density at radius 2 is 2.11 bits per heavy atom. The number of ether oxygens (including phenoxy) is 1. The Hall–Kier alpha value is -1.88. The number of carbonyl (C=O) groups is 2. The van der Waals surface area contributed by atoms with Gasteiger partial charge in [-0.15, -0.1) is 0 Å². The van der Waals surface area contributed by atoms with Crippen molar-refractivity contribution in [3.8, 4) is 0 Å². The molecule has 1 aliphatic heterocycles. The van der Waals surface area contributed by atoms with Crippen LogP contribution in [0.2, 0.25) is 0 Å². The van der Waals surface area contributed by atoms with E-state index in [1.807, 2.05) is 6.07 Å². The van der Waals surface area contributed by atoms with E-state index in [2.05, 4.69) is 4.74 Å². The Morgan fingerprint density at radius 3 is 2.79 bits per heavy atom. The highest BCUT2D eigenvalue weighted by atomic mass is 16.5. The van der Waals surface area contributed by atoms with Crippen LogP contribution in [0.1, 0.15) is 24.8 Å². The van der Waals surface area contributed by atoms with Crippen LogP contribution in [0.4, 0.5) is 5.69 Å². The van der Waals surface area contributed by atoms with Gasteiger partial charge < -0.3 is 14.7 Å². The zero-order valence-corrected chi connectivity index (χ0v) is 11.0. The van der Waals surface area contributed by atoms with Gasteiger partial charge in [-0.05, 0) is 18.9 Å². The van der Waals surface area contributed by atoms with Crippen LogP contribution in [0.25, 0.3) is 0 Å². The van der Waals surface area contributed by atoms with Crippen molar-refractivity contribution in [2.75, 3.05) is 19.1 Å². The molecule has 1 unspecified atom stereocenters. The van der Waals surface area contributed by atoms with Gasteiger partial charge in [-0.3, -0.25) is 9.59 Å². The minimum atomic E-state index is -1.53. The van der Waals surface area contributed by atoms with E-state index < -0.39 is 5.60 Å². The fourth-order valence-corrected chi connectivity index (χ4v) is 2.45. The Kier molecular flexibility index (Phi) is 3.57. The number of fused-ring (bicyclic) bond motifs is 1. The van der Waals surface area contributed by atoms with Crippen LogP contribution in [0.3, 0.4) is 0 Å². The SMILES string of the molecule is COC(=O)CCCC1(O)C(=O)N(C)c2ccccc21. The molecule has 0 bridgehead atoms. The summed E-state index contributed by atoms with van der Waals surface area (Å²) >= 11 is 0. The molecule has 0 fully saturated rings. The summed E-state index contributed by atoms with van der Waals surface area (Å²) in [6.07, 6.45) is 0.803. The molecule has 1 atom stereocenters. The first-order chi connectivity index (χ1) is 9.00. The number of hydrogen-bond donors (Lipinski definition) is 1. The molecule has 2 rings (SSSR count). The Bertz CT molecular complexity index is 514. The van der Waals surface area contributed by atoms with E-state index >= 15 is 0 Å². The lowest BCUT2D eigenvalue weighted by atomic mass is 9.90. The number of esters is 1. The predicted molar refractivity (Wildman–Crippen MR) is 69.6 cm³/mol. The highest BCUT2D eigenvalue weighted by Crippen LogP contribution is 2.42. The lowest BCUT2D eigenvalue weighted by molar-refractivity contribution is -0.142. The normalized spacial score (nSPS) is 21.4. The zero-order chi connectivity index (χ0) is 14.0. The molecule has 5 heteroatoms. The van der Waals surface area contributed by atoms with Gasteiger partial charge in [-0.1, -0.05) is 18.2 Å². The average Bonchev–Trinajstić information content (AvgIpc) is 2.62. The van der Waals surface area contributed by atoms with E-state index in [9.17, 15) is 14.7 Å². The molecule has 1 amide bonds. The molecule has 1 N–H and O–H groups in total. The summed E-state index contributed by atoms with van der Waals surface area (Å²) in [5, 5.41) is 10.6. The number of anilines is 1. The van der Waals surface area contributed by atoms with Crippen LogP contribution in [-0.2, 0) is 19.9 Å². The predicted octanol–water partition coefficient (Wildman–Crippen LogP) is 1.19. The smallest absolute Gasteiger partial charge is 0.305 e. The van der Waals surface area contributed by atoms with Crippen LogP contribution >= 0.6 is 0 Å². The van der Waals surface area contributed by atoms with Crippen molar-refractivity contribution < 1.29 is 19.4 Å². The number of para-hydroxylation sites is 1. The van der Waals surface area contributed by atoms with Crippen molar-refractivity contribution in [1.29, 1.82) is 0 Å². The maximum Gasteiger partial charge on any atom is 0.305 e. The topological polar surface area (TPSA) is 66.8 Å². The Morgan fingerprint density at radius 1 is 1.42 bits per heavy atom. The van der Waals surface area contributed by atoms with E-state index in [1.54, 1.807) is 25.2 Å². The lowest BCUT2D eigenvalue weighted by Gasteiger charge is -2.21. The van der Waals surface area contributed by atoms with Gasteiger partial charge in [-0.2, -0.15) is 0 Å². The van der Waals surface area contributed by atoms with Crippen molar-refractivity contribution in [1.82, 2.24) is 0 Å². The van der Waals surface area contributed by atoms with Crippen LogP contribution in [0, 0.1) is 0 Å². The van der Waals surface area contributed by atoms with Crippen molar-refractivity contribution in [3.63, 3.8) is 0 Å². The third-order valence-corrected chi connectivity index (χ3v) is 3.52. The second-order valence-electron chi connectivity index (χ2n) is 4.67. The summed E-state index contributed by atoms with van der Waals surface area (Å²) in [6, 6.07) is 7.15. The fourth-order valence-electron chi connectivity index (χ4n) is 2.45. The molecule has 1 aromatic rings. The first kappa shape index (κ1) is 13.5. The van der Waals surface area contributed by atoms with Gasteiger partial charge in [0.15, 0.2) is 5.60 Å². The van der Waals surface area contributed by atoms with Gasteiger partial charge in [0.1, 0.15) is 0 Å². The number of aliphatic hydroxyl groups is 1. The molecule has 0 spiro atoms. The van der Waals surface area contributed by atoms with E-state index in [1.165, 1.54) is 12.0 Å². The van der Waals surface area contributed by atoms with Crippen LogP contribution in [0.15, 0.2) is 24.3 Å². The molecule has 1 aromatic carbocycles. The van der Waals surface area contributed by atoms with Gasteiger partial charge in [0, 0.05) is 19.0 Å². The Labute approximate surface area is 111 Å². The minimum absolute atomic E-state index is 0.192. The summed E-state index contributed by atoms with van der Waals surface area (Å²) < 4.78 is 4.55. The molecule has 19 heavy (non-hydrogen) atoms. The number of likely N-dealkylation sites (N-methyl/N-ethyl adjacent to an activating group) is 1. The lowest BCUT2D eigenvalue weighted by Crippen LogP contribution is -2.38. The maximum absolute atomic E-state index is 12.2. The van der Waals surface area contributed by atoms with Crippen molar-refractivity contribution in [2.45, 2.75) is 24.9 Å². The molecule has 102 valence electrons. The second kappa shape index (κ2) is 5.01. The van der Waals surface area contributed by atoms with Gasteiger partial charge in [0.25, 0.3) is 5.91 Å². The molecule has 1 aliphatic rings. The number of benzene rings is 1. The number of amides is 1. The monoisotopic (exact) mass is 263 g/mol. The summed E-state index contributed by atoms with van der Waals surface area (Å²) in [5.41, 5.74) is -0.209. The minimum Gasteiger partial charge on any atom is -0.469 e. The van der Waals surface area contributed by atoms with E-state index in [0.29, 0.717) is 17.7 Å². The average molecular weight is 263 g/mol. The van der Waals surface area contributed by atoms with E-state index in [-0.39, 0.29) is 24.7 Å². The highest BCUT2D eigenvalue weighted by molar-refractivity contribution is 6.06. The third kappa shape index (κ3) is 2.21. The third-order valence-electron chi connectivity index (χ3n) is 3.52. The number of rotatable bonds is 4.